The van der Waals surface area contributed by atoms with E-state index in [-0.39, 0.29) is 6.54 Å². The molecule has 6 nitrogen and oxygen atoms in total. The summed E-state index contributed by atoms with van der Waals surface area (Å²) >= 11 is 0. The van der Waals surface area contributed by atoms with Gasteiger partial charge in [0.2, 0.25) is 5.82 Å². The highest BCUT2D eigenvalue weighted by Crippen LogP contribution is 2.34. The Morgan fingerprint density at radius 2 is 1.75 bits per heavy atom. The van der Waals surface area contributed by atoms with Gasteiger partial charge in [-0.15, -0.1) is 0 Å². The van der Waals surface area contributed by atoms with Crippen LogP contribution >= 0.6 is 0 Å². The summed E-state index contributed by atoms with van der Waals surface area (Å²) in [6, 6.07) is 8.37. The zero-order valence-electron chi connectivity index (χ0n) is 13.9. The van der Waals surface area contributed by atoms with Gasteiger partial charge in [0.15, 0.2) is 0 Å². The number of nitrogens with one attached hydrogen (secondary N) is 1. The van der Waals surface area contributed by atoms with E-state index in [9.17, 15) is 26.3 Å². The Bertz CT molecular complexity index is 894. The minimum atomic E-state index is -5.08. The van der Waals surface area contributed by atoms with Gasteiger partial charge in [-0.1, -0.05) is 12.1 Å². The molecular formula is C16H12F6N4O2. The van der Waals surface area contributed by atoms with E-state index in [1.54, 1.807) is 24.3 Å². The molecular weight excluding hydrogens is 394 g/mol. The quantitative estimate of drug-likeness (QED) is 0.710. The summed E-state index contributed by atoms with van der Waals surface area (Å²) < 4.78 is 72.2. The van der Waals surface area contributed by atoms with E-state index in [0.717, 1.165) is 0 Å². The minimum absolute atomic E-state index is 0.244. The summed E-state index contributed by atoms with van der Waals surface area (Å²) in [4.78, 5) is 12.7. The lowest BCUT2D eigenvalue weighted by Crippen LogP contribution is -2.30. The third kappa shape index (κ3) is 4.80. The van der Waals surface area contributed by atoms with Gasteiger partial charge in [0.1, 0.15) is 0 Å². The first kappa shape index (κ1) is 21.2. The molecule has 0 saturated carbocycles. The Kier molecular flexibility index (Phi) is 5.98. The average Bonchev–Trinajstić information content (AvgIpc) is 3.01. The molecule has 2 aromatic rings. The fourth-order valence-corrected chi connectivity index (χ4v) is 2.45. The lowest BCUT2D eigenvalue weighted by molar-refractivity contribution is -0.192. The number of aromatic nitrogens is 2. The summed E-state index contributed by atoms with van der Waals surface area (Å²) in [5, 5.41) is 19.0. The first-order valence-electron chi connectivity index (χ1n) is 7.63. The molecule has 0 unspecified atom stereocenters. The average molecular weight is 406 g/mol. The van der Waals surface area contributed by atoms with E-state index in [2.05, 4.69) is 10.3 Å². The molecule has 0 bridgehead atoms. The SMILES string of the molecule is N#Cc1ccc(-c2nc(C(F)(F)F)n3c2CNCC3)cc1.O=C(O)C(F)(F)F. The zero-order chi connectivity index (χ0) is 21.1. The van der Waals surface area contributed by atoms with Crippen LogP contribution in [0.3, 0.4) is 0 Å². The predicted molar refractivity (Wildman–Crippen MR) is 82.8 cm³/mol. The van der Waals surface area contributed by atoms with Crippen LogP contribution in [0.15, 0.2) is 24.3 Å². The van der Waals surface area contributed by atoms with Crippen LogP contribution in [0.1, 0.15) is 17.1 Å². The van der Waals surface area contributed by atoms with Gasteiger partial charge in [-0.25, -0.2) is 9.78 Å². The highest BCUT2D eigenvalue weighted by atomic mass is 19.4. The molecule has 12 heteroatoms. The number of nitrogens with zero attached hydrogens (tertiary/aromatic N) is 3. The first-order valence-corrected chi connectivity index (χ1v) is 7.63. The van der Waals surface area contributed by atoms with Crippen molar-refractivity contribution in [3.8, 4) is 17.3 Å². The Morgan fingerprint density at radius 1 is 1.18 bits per heavy atom. The van der Waals surface area contributed by atoms with Gasteiger partial charge in [-0.3, -0.25) is 0 Å². The van der Waals surface area contributed by atoms with Gasteiger partial charge in [0.25, 0.3) is 0 Å². The largest absolute Gasteiger partial charge is 0.490 e. The number of carboxylic acid groups (broad SMARTS) is 1. The van der Waals surface area contributed by atoms with Gasteiger partial charge in [-0.05, 0) is 12.1 Å². The van der Waals surface area contributed by atoms with Crippen molar-refractivity contribution in [2.75, 3.05) is 6.54 Å². The third-order valence-corrected chi connectivity index (χ3v) is 3.66. The summed E-state index contributed by atoms with van der Waals surface area (Å²) in [6.07, 6.45) is -9.56. The molecule has 2 heterocycles. The number of aliphatic carboxylic acids is 1. The number of nitriles is 1. The molecule has 1 aliphatic rings. The van der Waals surface area contributed by atoms with Crippen LogP contribution in [-0.4, -0.2) is 33.3 Å². The van der Waals surface area contributed by atoms with Crippen LogP contribution in [0.25, 0.3) is 11.3 Å². The second kappa shape index (κ2) is 7.89. The van der Waals surface area contributed by atoms with Crippen LogP contribution in [0.2, 0.25) is 0 Å². The highest BCUT2D eigenvalue weighted by Gasteiger charge is 2.39. The maximum absolute atomic E-state index is 13.1. The lowest BCUT2D eigenvalue weighted by atomic mass is 10.1. The smallest absolute Gasteiger partial charge is 0.475 e. The highest BCUT2D eigenvalue weighted by molar-refractivity contribution is 5.73. The minimum Gasteiger partial charge on any atom is -0.475 e. The normalized spacial score (nSPS) is 13.8. The van der Waals surface area contributed by atoms with Crippen molar-refractivity contribution in [1.82, 2.24) is 14.9 Å². The van der Waals surface area contributed by atoms with E-state index < -0.39 is 24.1 Å². The standard InChI is InChI=1S/C14H11F3N4.C2HF3O2/c15-14(16,17)13-20-12(11-8-19-5-6-21(11)13)10-3-1-9(7-18)2-4-10;3-2(4,5)1(6)7/h1-4,19H,5-6,8H2;(H,6,7). The van der Waals surface area contributed by atoms with Crippen molar-refractivity contribution < 1.29 is 36.2 Å². The topological polar surface area (TPSA) is 90.9 Å². The molecule has 28 heavy (non-hydrogen) atoms. The van der Waals surface area contributed by atoms with Crippen molar-refractivity contribution in [3.63, 3.8) is 0 Å². The van der Waals surface area contributed by atoms with Crippen LogP contribution in [-0.2, 0) is 24.1 Å². The van der Waals surface area contributed by atoms with Crippen molar-refractivity contribution in [3.05, 3.63) is 41.3 Å². The fraction of sp³-hybridized carbons (Fsp3) is 0.312. The molecule has 1 aromatic carbocycles. The second-order valence-electron chi connectivity index (χ2n) is 5.55. The molecule has 0 atom stereocenters. The molecule has 0 spiro atoms. The number of hydrogen-bond acceptors (Lipinski definition) is 4. The summed E-state index contributed by atoms with van der Waals surface area (Å²) in [7, 11) is 0. The molecule has 0 aliphatic carbocycles. The third-order valence-electron chi connectivity index (χ3n) is 3.66. The summed E-state index contributed by atoms with van der Waals surface area (Å²) in [5.41, 5.74) is 1.88. The molecule has 0 amide bonds. The Balaban J connectivity index is 0.000000345. The maximum atomic E-state index is 13.1. The second-order valence-corrected chi connectivity index (χ2v) is 5.55. The van der Waals surface area contributed by atoms with Crippen molar-refractivity contribution in [1.29, 1.82) is 5.26 Å². The molecule has 0 radical (unpaired) electrons. The Labute approximate surface area is 154 Å². The van der Waals surface area contributed by atoms with Crippen LogP contribution in [0.4, 0.5) is 26.3 Å². The molecule has 150 valence electrons. The number of carboxylic acids is 1. The van der Waals surface area contributed by atoms with Crippen molar-refractivity contribution >= 4 is 5.97 Å². The van der Waals surface area contributed by atoms with Gasteiger partial charge in [0.05, 0.1) is 23.0 Å². The number of imidazole rings is 1. The van der Waals surface area contributed by atoms with Gasteiger partial charge >= 0.3 is 18.3 Å². The van der Waals surface area contributed by atoms with Crippen molar-refractivity contribution in [2.24, 2.45) is 0 Å². The van der Waals surface area contributed by atoms with E-state index in [1.807, 2.05) is 6.07 Å². The monoisotopic (exact) mass is 406 g/mol. The first-order chi connectivity index (χ1) is 12.9. The van der Waals surface area contributed by atoms with Crippen molar-refractivity contribution in [2.45, 2.75) is 25.4 Å². The van der Waals surface area contributed by atoms with E-state index in [4.69, 9.17) is 15.2 Å². The number of rotatable bonds is 1. The molecule has 1 aromatic heterocycles. The van der Waals surface area contributed by atoms with E-state index in [0.29, 0.717) is 35.6 Å². The zero-order valence-corrected chi connectivity index (χ0v) is 13.9. The number of benzene rings is 1. The molecule has 3 rings (SSSR count). The summed E-state index contributed by atoms with van der Waals surface area (Å²) in [5.74, 6) is -3.62. The molecule has 0 saturated heterocycles. The van der Waals surface area contributed by atoms with E-state index in [1.165, 1.54) is 4.57 Å². The number of hydrogen-bond donors (Lipinski definition) is 2. The number of fused-ring (bicyclic) bond motifs is 1. The molecule has 1 aliphatic heterocycles. The fourth-order valence-electron chi connectivity index (χ4n) is 2.45. The van der Waals surface area contributed by atoms with Gasteiger partial charge < -0.3 is 15.0 Å². The summed E-state index contributed by atoms with van der Waals surface area (Å²) in [6.45, 7) is 1.07. The number of carbonyl (C=O) groups is 1. The van der Waals surface area contributed by atoms with E-state index >= 15 is 0 Å². The number of halogens is 6. The lowest BCUT2D eigenvalue weighted by Gasteiger charge is -2.19. The Hall–Kier alpha value is -3.07. The van der Waals surface area contributed by atoms with Gasteiger partial charge in [0, 0.05) is 25.2 Å². The predicted octanol–water partition coefficient (Wildman–Crippen LogP) is 3.18. The van der Waals surface area contributed by atoms with Crippen LogP contribution < -0.4 is 5.32 Å². The van der Waals surface area contributed by atoms with Gasteiger partial charge in [-0.2, -0.15) is 31.6 Å². The molecule has 0 fully saturated rings. The Morgan fingerprint density at radius 3 is 2.21 bits per heavy atom. The number of alkyl halides is 6. The van der Waals surface area contributed by atoms with Crippen LogP contribution in [0.5, 0.6) is 0 Å². The molecule has 2 N–H and O–H groups in total. The maximum Gasteiger partial charge on any atom is 0.490 e. The van der Waals surface area contributed by atoms with Crippen LogP contribution in [0, 0.1) is 11.3 Å².